The van der Waals surface area contributed by atoms with Gasteiger partial charge in [-0.25, -0.2) is 8.42 Å². The third kappa shape index (κ3) is 5.30. The number of benzene rings is 4. The van der Waals surface area contributed by atoms with E-state index in [1.807, 2.05) is 74.5 Å². The zero-order valence-electron chi connectivity index (χ0n) is 22.1. The monoisotopic (exact) mass is 536 g/mol. The molecule has 4 aromatic rings. The molecule has 0 saturated carbocycles. The minimum atomic E-state index is -3.72. The lowest BCUT2D eigenvalue weighted by Crippen LogP contribution is -2.29. The molecular weight excluding hydrogens is 504 g/mol. The largest absolute Gasteiger partial charge is 0.489 e. The molecule has 5 nitrogen and oxygen atoms in total. The Bertz CT molecular complexity index is 1610. The fraction of sp³-hybridized carbons (Fsp3) is 0.212. The zero-order chi connectivity index (χ0) is 27.0. The van der Waals surface area contributed by atoms with Crippen LogP contribution >= 0.6 is 0 Å². The van der Waals surface area contributed by atoms with E-state index >= 15 is 0 Å². The van der Waals surface area contributed by atoms with Crippen molar-refractivity contribution in [3.63, 3.8) is 0 Å². The van der Waals surface area contributed by atoms with Crippen LogP contribution in [-0.4, -0.2) is 8.42 Å². The molecule has 2 aliphatic rings. The molecule has 0 aromatic heterocycles. The molecule has 2 N–H and O–H groups in total. The molecule has 0 spiro atoms. The van der Waals surface area contributed by atoms with Gasteiger partial charge >= 0.3 is 0 Å². The number of aryl methyl sites for hydroxylation is 2. The van der Waals surface area contributed by atoms with Crippen LogP contribution in [0.15, 0.2) is 108 Å². The highest BCUT2D eigenvalue weighted by Crippen LogP contribution is 2.50. The average Bonchev–Trinajstić information content (AvgIpc) is 3.42. The molecule has 0 amide bonds. The highest BCUT2D eigenvalue weighted by molar-refractivity contribution is 7.92. The highest BCUT2D eigenvalue weighted by atomic mass is 32.2. The second-order valence-corrected chi connectivity index (χ2v) is 12.2. The Hall–Kier alpha value is -4.03. The Kier molecular flexibility index (Phi) is 6.65. The van der Waals surface area contributed by atoms with E-state index in [4.69, 9.17) is 4.74 Å². The Morgan fingerprint density at radius 3 is 2.38 bits per heavy atom. The van der Waals surface area contributed by atoms with Gasteiger partial charge in [0.15, 0.2) is 0 Å². The van der Waals surface area contributed by atoms with E-state index in [-0.39, 0.29) is 16.9 Å². The first-order valence-electron chi connectivity index (χ1n) is 13.3. The first-order valence-corrected chi connectivity index (χ1v) is 14.8. The van der Waals surface area contributed by atoms with Crippen molar-refractivity contribution < 1.29 is 13.2 Å². The molecule has 0 fully saturated rings. The summed E-state index contributed by atoms with van der Waals surface area (Å²) in [4.78, 5) is 0.277. The summed E-state index contributed by atoms with van der Waals surface area (Å²) in [6.45, 7) is 4.46. The molecule has 0 saturated heterocycles. The third-order valence-electron chi connectivity index (χ3n) is 7.61. The van der Waals surface area contributed by atoms with Crippen LogP contribution in [0.25, 0.3) is 0 Å². The summed E-state index contributed by atoms with van der Waals surface area (Å²) in [6.07, 6.45) is 5.37. The van der Waals surface area contributed by atoms with Crippen LogP contribution in [0.2, 0.25) is 0 Å². The predicted octanol–water partition coefficient (Wildman–Crippen LogP) is 7.51. The molecular formula is C33H32N2O3S. The number of nitrogens with one attached hydrogen (secondary N) is 2. The highest BCUT2D eigenvalue weighted by Gasteiger charge is 2.38. The molecule has 39 heavy (non-hydrogen) atoms. The standard InChI is InChI=1S/C33H32N2O3S/c1-22-17-23(2)19-26(18-22)35-39(36,37)28-15-16-32-31(20-28)29-9-6-10-30(29)33(34-32)25-11-13-27(14-12-25)38-21-24-7-4-3-5-8-24/h3-9,11-20,29-30,33-35H,10,21H2,1-2H3. The lowest BCUT2D eigenvalue weighted by molar-refractivity contribution is 0.306. The Labute approximate surface area is 230 Å². The zero-order valence-corrected chi connectivity index (χ0v) is 22.9. The number of hydrogen-bond acceptors (Lipinski definition) is 4. The second-order valence-electron chi connectivity index (χ2n) is 10.5. The van der Waals surface area contributed by atoms with Crippen molar-refractivity contribution in [2.75, 3.05) is 10.0 Å². The molecule has 3 unspecified atom stereocenters. The Balaban J connectivity index is 1.22. The van der Waals surface area contributed by atoms with Gasteiger partial charge in [0.2, 0.25) is 0 Å². The normalized spacial score (nSPS) is 19.6. The summed E-state index contributed by atoms with van der Waals surface area (Å²) >= 11 is 0. The molecule has 1 heterocycles. The van der Waals surface area contributed by atoms with Crippen molar-refractivity contribution in [1.82, 2.24) is 0 Å². The SMILES string of the molecule is Cc1cc(C)cc(NS(=O)(=O)c2ccc3c(c2)C2C=CCC2C(c2ccc(OCc4ccccc4)cc2)N3)c1. The van der Waals surface area contributed by atoms with Crippen LogP contribution in [0.5, 0.6) is 5.75 Å². The maximum Gasteiger partial charge on any atom is 0.261 e. The maximum absolute atomic E-state index is 13.3. The van der Waals surface area contributed by atoms with Gasteiger partial charge in [-0.3, -0.25) is 4.72 Å². The van der Waals surface area contributed by atoms with Gasteiger partial charge in [0.1, 0.15) is 12.4 Å². The van der Waals surface area contributed by atoms with E-state index in [1.54, 1.807) is 6.07 Å². The third-order valence-corrected chi connectivity index (χ3v) is 8.98. The maximum atomic E-state index is 13.3. The van der Waals surface area contributed by atoms with Gasteiger partial charge in [0, 0.05) is 17.3 Å². The molecule has 1 aliphatic heterocycles. The predicted molar refractivity (Wildman–Crippen MR) is 157 cm³/mol. The number of rotatable bonds is 7. The van der Waals surface area contributed by atoms with E-state index in [2.05, 4.69) is 46.5 Å². The van der Waals surface area contributed by atoms with Crippen LogP contribution in [0.3, 0.4) is 0 Å². The summed E-state index contributed by atoms with van der Waals surface area (Å²) in [5.74, 6) is 1.29. The van der Waals surface area contributed by atoms with Crippen LogP contribution in [-0.2, 0) is 16.6 Å². The first kappa shape index (κ1) is 25.3. The summed E-state index contributed by atoms with van der Waals surface area (Å²) < 4.78 is 35.4. The number of allylic oxidation sites excluding steroid dienone is 2. The number of fused-ring (bicyclic) bond motifs is 3. The molecule has 6 rings (SSSR count). The molecule has 1 aliphatic carbocycles. The van der Waals surface area contributed by atoms with Crippen molar-refractivity contribution in [2.45, 2.75) is 43.7 Å². The van der Waals surface area contributed by atoms with Gasteiger partial charge in [-0.2, -0.15) is 0 Å². The minimum Gasteiger partial charge on any atom is -0.489 e. The van der Waals surface area contributed by atoms with Crippen LogP contribution in [0.4, 0.5) is 11.4 Å². The van der Waals surface area contributed by atoms with Crippen LogP contribution in [0, 0.1) is 19.8 Å². The van der Waals surface area contributed by atoms with Crippen molar-refractivity contribution >= 4 is 21.4 Å². The molecule has 3 atom stereocenters. The smallest absolute Gasteiger partial charge is 0.261 e. The number of ether oxygens (including phenoxy) is 1. The van der Waals surface area contributed by atoms with E-state index in [0.717, 1.165) is 40.1 Å². The second kappa shape index (κ2) is 10.3. The number of hydrogen-bond donors (Lipinski definition) is 2. The molecule has 198 valence electrons. The summed E-state index contributed by atoms with van der Waals surface area (Å²) in [7, 11) is -3.72. The van der Waals surface area contributed by atoms with E-state index in [1.165, 1.54) is 5.56 Å². The van der Waals surface area contributed by atoms with Crippen molar-refractivity contribution in [3.8, 4) is 5.75 Å². The molecule has 6 heteroatoms. The van der Waals surface area contributed by atoms with Crippen molar-refractivity contribution in [2.24, 2.45) is 5.92 Å². The topological polar surface area (TPSA) is 67.4 Å². The van der Waals surface area contributed by atoms with Crippen molar-refractivity contribution in [3.05, 3.63) is 131 Å². The Morgan fingerprint density at radius 2 is 1.64 bits per heavy atom. The van der Waals surface area contributed by atoms with Gasteiger partial charge in [-0.15, -0.1) is 0 Å². The van der Waals surface area contributed by atoms with Crippen LogP contribution < -0.4 is 14.8 Å². The van der Waals surface area contributed by atoms with E-state index in [0.29, 0.717) is 18.2 Å². The lowest BCUT2D eigenvalue weighted by atomic mass is 9.77. The minimum absolute atomic E-state index is 0.122. The Morgan fingerprint density at radius 1 is 0.897 bits per heavy atom. The fourth-order valence-corrected chi connectivity index (χ4v) is 6.90. The average molecular weight is 537 g/mol. The van der Waals surface area contributed by atoms with Gasteiger partial charge in [-0.1, -0.05) is 60.7 Å². The van der Waals surface area contributed by atoms with Crippen LogP contribution in [0.1, 0.15) is 46.2 Å². The molecule has 0 radical (unpaired) electrons. The molecule has 4 aromatic carbocycles. The fourth-order valence-electron chi connectivity index (χ4n) is 5.83. The summed E-state index contributed by atoms with van der Waals surface area (Å²) in [6, 6.07) is 29.7. The van der Waals surface area contributed by atoms with Gasteiger partial charge in [0.25, 0.3) is 10.0 Å². The molecule has 0 bridgehead atoms. The first-order chi connectivity index (χ1) is 18.9. The quantitative estimate of drug-likeness (QED) is 0.240. The van der Waals surface area contributed by atoms with E-state index in [9.17, 15) is 8.42 Å². The van der Waals surface area contributed by atoms with E-state index < -0.39 is 10.0 Å². The number of anilines is 2. The van der Waals surface area contributed by atoms with Gasteiger partial charge < -0.3 is 10.1 Å². The van der Waals surface area contributed by atoms with Gasteiger partial charge in [-0.05, 0) is 96.5 Å². The van der Waals surface area contributed by atoms with Gasteiger partial charge in [0.05, 0.1) is 10.9 Å². The van der Waals surface area contributed by atoms with Crippen molar-refractivity contribution in [1.29, 1.82) is 0 Å². The summed E-state index contributed by atoms with van der Waals surface area (Å²) in [5.41, 5.74) is 6.94. The lowest BCUT2D eigenvalue weighted by Gasteiger charge is -2.37. The summed E-state index contributed by atoms with van der Waals surface area (Å²) in [5, 5.41) is 3.71. The number of sulfonamides is 1.